The zero-order valence-electron chi connectivity index (χ0n) is 21.8. The summed E-state index contributed by atoms with van der Waals surface area (Å²) in [5.41, 5.74) is 2.42. The van der Waals surface area contributed by atoms with Crippen LogP contribution in [0.2, 0.25) is 36.3 Å². The molecule has 3 rings (SSSR count). The molecular formula is C27H39ClO3Si2. The molecule has 0 saturated heterocycles. The quantitative estimate of drug-likeness (QED) is 0.301. The molecule has 0 radical (unpaired) electrons. The van der Waals surface area contributed by atoms with E-state index >= 15 is 0 Å². The molecule has 0 saturated carbocycles. The Hall–Kier alpha value is -1.70. The standard InChI is InChI=1S/C27H39ClO3Si2/c1-26(2,3)32(7,8)30-21-14-11-19(12-15-21)23-17-20-13-16-22(18-24(20)29-25(23)28)31-33(9,10)27(4,5)6/h11-18,25H,1-10H3. The van der Waals surface area contributed by atoms with Gasteiger partial charge in [-0.25, -0.2) is 0 Å². The van der Waals surface area contributed by atoms with Gasteiger partial charge in [-0.2, -0.15) is 0 Å². The molecule has 0 N–H and O–H groups in total. The molecule has 0 aliphatic carbocycles. The van der Waals surface area contributed by atoms with E-state index in [0.29, 0.717) is 0 Å². The summed E-state index contributed by atoms with van der Waals surface area (Å²) in [6.07, 6.45) is 2.11. The van der Waals surface area contributed by atoms with Crippen LogP contribution in [0.15, 0.2) is 42.5 Å². The zero-order valence-corrected chi connectivity index (χ0v) is 24.6. The predicted octanol–water partition coefficient (Wildman–Crippen LogP) is 8.95. The van der Waals surface area contributed by atoms with Gasteiger partial charge in [0.05, 0.1) is 0 Å². The van der Waals surface area contributed by atoms with E-state index in [0.717, 1.165) is 33.9 Å². The summed E-state index contributed by atoms with van der Waals surface area (Å²) < 4.78 is 19.0. The first-order valence-corrected chi connectivity index (χ1v) is 17.9. The molecule has 0 bridgehead atoms. The van der Waals surface area contributed by atoms with Crippen molar-refractivity contribution in [2.24, 2.45) is 0 Å². The molecule has 2 aromatic carbocycles. The maximum absolute atomic E-state index is 6.66. The van der Waals surface area contributed by atoms with Crippen LogP contribution in [0.4, 0.5) is 0 Å². The Morgan fingerprint density at radius 3 is 1.76 bits per heavy atom. The summed E-state index contributed by atoms with van der Waals surface area (Å²) in [6.45, 7) is 22.5. The third-order valence-corrected chi connectivity index (χ3v) is 16.4. The van der Waals surface area contributed by atoms with Crippen molar-refractivity contribution in [2.45, 2.75) is 83.4 Å². The van der Waals surface area contributed by atoms with Gasteiger partial charge in [0.25, 0.3) is 0 Å². The normalized spacial score (nSPS) is 17.1. The Morgan fingerprint density at radius 2 is 1.24 bits per heavy atom. The Morgan fingerprint density at radius 1 is 0.758 bits per heavy atom. The SMILES string of the molecule is CC(C)(C)[Si](C)(C)Oc1ccc(C2=Cc3ccc(O[Si](C)(C)C(C)(C)C)cc3OC2Cl)cc1. The Labute approximate surface area is 207 Å². The summed E-state index contributed by atoms with van der Waals surface area (Å²) in [6, 6.07) is 14.2. The highest BCUT2D eigenvalue weighted by molar-refractivity contribution is 6.75. The highest BCUT2D eigenvalue weighted by Crippen LogP contribution is 2.42. The highest BCUT2D eigenvalue weighted by Gasteiger charge is 2.40. The number of alkyl halides is 1. The second-order valence-corrected chi connectivity index (χ2v) is 21.8. The summed E-state index contributed by atoms with van der Waals surface area (Å²) in [4.78, 5) is 0. The second-order valence-electron chi connectivity index (χ2n) is 12.0. The van der Waals surface area contributed by atoms with Gasteiger partial charge in [0.1, 0.15) is 17.2 Å². The van der Waals surface area contributed by atoms with E-state index in [1.807, 2.05) is 24.3 Å². The summed E-state index contributed by atoms with van der Waals surface area (Å²) in [5, 5.41) is 0.288. The lowest BCUT2D eigenvalue weighted by Crippen LogP contribution is -2.43. The van der Waals surface area contributed by atoms with Crippen molar-refractivity contribution in [1.82, 2.24) is 0 Å². The van der Waals surface area contributed by atoms with Crippen LogP contribution in [0.25, 0.3) is 11.6 Å². The van der Waals surface area contributed by atoms with Crippen molar-refractivity contribution in [1.29, 1.82) is 0 Å². The van der Waals surface area contributed by atoms with E-state index in [4.69, 9.17) is 25.2 Å². The van der Waals surface area contributed by atoms with Gasteiger partial charge in [-0.3, -0.25) is 0 Å². The van der Waals surface area contributed by atoms with E-state index in [2.05, 4.69) is 92.0 Å². The first-order chi connectivity index (χ1) is 15.0. The zero-order chi connectivity index (χ0) is 24.8. The molecular weight excluding hydrogens is 464 g/mol. The molecule has 0 amide bonds. The van der Waals surface area contributed by atoms with Gasteiger partial charge in [0.15, 0.2) is 5.56 Å². The van der Waals surface area contributed by atoms with Crippen molar-refractivity contribution < 1.29 is 13.6 Å². The number of rotatable bonds is 5. The van der Waals surface area contributed by atoms with Crippen molar-refractivity contribution in [2.75, 3.05) is 0 Å². The van der Waals surface area contributed by atoms with E-state index in [-0.39, 0.29) is 10.1 Å². The van der Waals surface area contributed by atoms with Crippen LogP contribution in [0, 0.1) is 0 Å². The van der Waals surface area contributed by atoms with Crippen LogP contribution < -0.4 is 13.6 Å². The Balaban J connectivity index is 1.82. The molecule has 1 atom stereocenters. The number of hydrogen-bond donors (Lipinski definition) is 0. The van der Waals surface area contributed by atoms with Gasteiger partial charge in [0.2, 0.25) is 16.6 Å². The molecule has 3 nitrogen and oxygen atoms in total. The molecule has 0 spiro atoms. The van der Waals surface area contributed by atoms with Crippen molar-refractivity contribution >= 4 is 39.9 Å². The van der Waals surface area contributed by atoms with Crippen molar-refractivity contribution in [3.63, 3.8) is 0 Å². The number of ether oxygens (including phenoxy) is 1. The minimum Gasteiger partial charge on any atom is -0.544 e. The van der Waals surface area contributed by atoms with Gasteiger partial charge in [0, 0.05) is 17.2 Å². The predicted molar refractivity (Wildman–Crippen MR) is 147 cm³/mol. The average molecular weight is 503 g/mol. The van der Waals surface area contributed by atoms with Crippen molar-refractivity contribution in [3.8, 4) is 17.2 Å². The van der Waals surface area contributed by atoms with Crippen LogP contribution >= 0.6 is 11.6 Å². The molecule has 1 heterocycles. The number of halogens is 1. The first-order valence-electron chi connectivity index (χ1n) is 11.6. The second kappa shape index (κ2) is 8.82. The molecule has 6 heteroatoms. The summed E-state index contributed by atoms with van der Waals surface area (Å²) >= 11 is 6.66. The number of hydrogen-bond acceptors (Lipinski definition) is 3. The smallest absolute Gasteiger partial charge is 0.250 e. The van der Waals surface area contributed by atoms with Gasteiger partial charge in [-0.05, 0) is 72.2 Å². The molecule has 1 aliphatic heterocycles. The monoisotopic (exact) mass is 502 g/mol. The first kappa shape index (κ1) is 25.9. The highest BCUT2D eigenvalue weighted by atomic mass is 35.5. The molecule has 180 valence electrons. The van der Waals surface area contributed by atoms with E-state index < -0.39 is 22.2 Å². The lowest BCUT2D eigenvalue weighted by Gasteiger charge is -2.36. The molecule has 1 unspecified atom stereocenters. The molecule has 33 heavy (non-hydrogen) atoms. The fraction of sp³-hybridized carbons (Fsp3) is 0.481. The van der Waals surface area contributed by atoms with Crippen molar-refractivity contribution in [3.05, 3.63) is 53.6 Å². The minimum absolute atomic E-state index is 0.131. The van der Waals surface area contributed by atoms with Crippen LogP contribution in [0.1, 0.15) is 52.7 Å². The van der Waals surface area contributed by atoms with Gasteiger partial charge in [-0.1, -0.05) is 65.3 Å². The minimum atomic E-state index is -1.92. The number of benzene rings is 2. The summed E-state index contributed by atoms with van der Waals surface area (Å²) in [7, 11) is -3.79. The van der Waals surface area contributed by atoms with Gasteiger partial charge < -0.3 is 13.6 Å². The lowest BCUT2D eigenvalue weighted by atomic mass is 10.0. The van der Waals surface area contributed by atoms with Crippen LogP contribution in [0.3, 0.4) is 0 Å². The lowest BCUT2D eigenvalue weighted by molar-refractivity contribution is 0.328. The third kappa shape index (κ3) is 5.69. The van der Waals surface area contributed by atoms with Crippen LogP contribution in [-0.2, 0) is 0 Å². The average Bonchev–Trinajstić information content (AvgIpc) is 2.66. The van der Waals surface area contributed by atoms with Gasteiger partial charge >= 0.3 is 0 Å². The molecule has 0 aromatic heterocycles. The fourth-order valence-electron chi connectivity index (χ4n) is 3.03. The topological polar surface area (TPSA) is 27.7 Å². The maximum Gasteiger partial charge on any atom is 0.250 e. The molecule has 0 fully saturated rings. The van der Waals surface area contributed by atoms with Gasteiger partial charge in [-0.15, -0.1) is 0 Å². The Kier molecular flexibility index (Phi) is 6.93. The third-order valence-electron chi connectivity index (χ3n) is 7.32. The summed E-state index contributed by atoms with van der Waals surface area (Å²) in [5.74, 6) is 2.50. The number of fused-ring (bicyclic) bond motifs is 1. The molecule has 2 aromatic rings. The Bertz CT molecular complexity index is 1030. The fourth-order valence-corrected chi connectivity index (χ4v) is 5.37. The van der Waals surface area contributed by atoms with E-state index in [1.165, 1.54) is 0 Å². The van der Waals surface area contributed by atoms with E-state index in [9.17, 15) is 0 Å². The maximum atomic E-state index is 6.66. The van der Waals surface area contributed by atoms with E-state index in [1.54, 1.807) is 0 Å². The van der Waals surface area contributed by atoms with Crippen LogP contribution in [-0.4, -0.2) is 22.2 Å². The van der Waals surface area contributed by atoms with Crippen LogP contribution in [0.5, 0.6) is 17.2 Å². The largest absolute Gasteiger partial charge is 0.544 e. The molecule has 1 aliphatic rings.